The molecule has 0 bridgehead atoms. The Bertz CT molecular complexity index is 296. The van der Waals surface area contributed by atoms with Crippen LogP contribution in [0.25, 0.3) is 0 Å². The summed E-state index contributed by atoms with van der Waals surface area (Å²) in [6, 6.07) is 0. The van der Waals surface area contributed by atoms with Gasteiger partial charge in [0.1, 0.15) is 0 Å². The molecule has 2 atom stereocenters. The molecule has 2 saturated carbocycles. The Hall–Kier alpha value is -0.690. The zero-order valence-corrected chi connectivity index (χ0v) is 11.1. The van der Waals surface area contributed by atoms with E-state index < -0.39 is 23.5 Å². The molecule has 0 aliphatic heterocycles. The van der Waals surface area contributed by atoms with Crippen molar-refractivity contribution in [3.05, 3.63) is 0 Å². The van der Waals surface area contributed by atoms with Gasteiger partial charge >= 0.3 is 5.97 Å². The quantitative estimate of drug-likeness (QED) is 0.442. The molecular formula is C13H24O6. The van der Waals surface area contributed by atoms with Gasteiger partial charge in [-0.1, -0.05) is 12.8 Å². The van der Waals surface area contributed by atoms with Crippen LogP contribution in [0.15, 0.2) is 0 Å². The summed E-state index contributed by atoms with van der Waals surface area (Å²) in [5.74, 6) is -2.64. The van der Waals surface area contributed by atoms with Crippen LogP contribution in [-0.4, -0.2) is 49.0 Å². The number of carbonyl (C=O) groups is 1. The normalized spacial score (nSPS) is 34.0. The molecule has 2 unspecified atom stereocenters. The fraction of sp³-hybridized carbons (Fsp3) is 0.923. The molecule has 2 rings (SSSR count). The summed E-state index contributed by atoms with van der Waals surface area (Å²) in [4.78, 5) is 10.5. The monoisotopic (exact) mass is 276 g/mol. The van der Waals surface area contributed by atoms with E-state index in [0.717, 1.165) is 25.7 Å². The zero-order chi connectivity index (χ0) is 14.5. The molecule has 0 aromatic rings. The number of aliphatic carboxylic acids is 1. The molecule has 2 aliphatic rings. The lowest BCUT2D eigenvalue weighted by atomic mass is 9.82. The lowest BCUT2D eigenvalue weighted by molar-refractivity contribution is -0.180. The first-order chi connectivity index (χ1) is 8.78. The highest BCUT2D eigenvalue weighted by Crippen LogP contribution is 2.28. The number of aliphatic hydroxyl groups excluding tert-OH is 1. The number of carboxylic acids is 1. The molecular weight excluding hydrogens is 252 g/mol. The maximum atomic E-state index is 10.5. The molecule has 2 fully saturated rings. The SMILES string of the molecule is O=C(O)C1(O)CCCCC1O.OC1(O)CCCCC1. The third-order valence-electron chi connectivity index (χ3n) is 3.86. The summed E-state index contributed by atoms with van der Waals surface area (Å²) in [5.41, 5.74) is -1.89. The Kier molecular flexibility index (Phi) is 5.73. The van der Waals surface area contributed by atoms with E-state index in [1.807, 2.05) is 0 Å². The lowest BCUT2D eigenvalue weighted by Crippen LogP contribution is -2.51. The molecule has 5 N–H and O–H groups in total. The minimum absolute atomic E-state index is 0.156. The lowest BCUT2D eigenvalue weighted by Gasteiger charge is -2.32. The van der Waals surface area contributed by atoms with E-state index in [1.54, 1.807) is 0 Å². The summed E-state index contributed by atoms with van der Waals surface area (Å²) < 4.78 is 0. The van der Waals surface area contributed by atoms with Gasteiger partial charge in [0, 0.05) is 12.8 Å². The van der Waals surface area contributed by atoms with Gasteiger partial charge in [-0.15, -0.1) is 0 Å². The first-order valence-corrected chi connectivity index (χ1v) is 6.86. The van der Waals surface area contributed by atoms with E-state index >= 15 is 0 Å². The second kappa shape index (κ2) is 6.65. The molecule has 19 heavy (non-hydrogen) atoms. The predicted octanol–water partition coefficient (Wildman–Crippen LogP) is 0.368. The van der Waals surface area contributed by atoms with E-state index in [1.165, 1.54) is 0 Å². The minimum Gasteiger partial charge on any atom is -0.479 e. The molecule has 0 aromatic heterocycles. The summed E-state index contributed by atoms with van der Waals surface area (Å²) in [6.45, 7) is 0. The van der Waals surface area contributed by atoms with Crippen LogP contribution in [0.2, 0.25) is 0 Å². The largest absolute Gasteiger partial charge is 0.479 e. The fourth-order valence-electron chi connectivity index (χ4n) is 2.51. The average Bonchev–Trinajstić information content (AvgIpc) is 2.33. The molecule has 6 nitrogen and oxygen atoms in total. The standard InChI is InChI=1S/C7H12O4.C6H12O2/c8-5-3-1-2-4-7(5,11)6(9)10;7-6(8)4-2-1-3-5-6/h5,8,11H,1-4H2,(H,9,10);7-8H,1-5H2. The smallest absolute Gasteiger partial charge is 0.338 e. The van der Waals surface area contributed by atoms with Crippen molar-refractivity contribution in [2.45, 2.75) is 75.3 Å². The number of rotatable bonds is 1. The van der Waals surface area contributed by atoms with Crippen LogP contribution in [-0.2, 0) is 4.79 Å². The van der Waals surface area contributed by atoms with E-state index in [4.69, 9.17) is 20.4 Å². The summed E-state index contributed by atoms with van der Waals surface area (Å²) in [5, 5.41) is 45.0. The van der Waals surface area contributed by atoms with Crippen molar-refractivity contribution in [1.29, 1.82) is 0 Å². The van der Waals surface area contributed by atoms with Crippen LogP contribution in [0.1, 0.15) is 57.8 Å². The first-order valence-electron chi connectivity index (χ1n) is 6.86. The van der Waals surface area contributed by atoms with Gasteiger partial charge in [0.15, 0.2) is 11.4 Å². The molecule has 0 amide bonds. The van der Waals surface area contributed by atoms with Crippen molar-refractivity contribution in [2.75, 3.05) is 0 Å². The van der Waals surface area contributed by atoms with E-state index in [-0.39, 0.29) is 6.42 Å². The molecule has 6 heteroatoms. The highest BCUT2D eigenvalue weighted by Gasteiger charge is 2.44. The summed E-state index contributed by atoms with van der Waals surface area (Å²) in [7, 11) is 0. The number of hydrogen-bond acceptors (Lipinski definition) is 5. The molecule has 0 radical (unpaired) electrons. The Morgan fingerprint density at radius 1 is 0.895 bits per heavy atom. The zero-order valence-electron chi connectivity index (χ0n) is 11.1. The maximum Gasteiger partial charge on any atom is 0.338 e. The van der Waals surface area contributed by atoms with Crippen LogP contribution in [0.4, 0.5) is 0 Å². The third kappa shape index (κ3) is 4.72. The summed E-state index contributed by atoms with van der Waals surface area (Å²) >= 11 is 0. The van der Waals surface area contributed by atoms with Crippen molar-refractivity contribution in [1.82, 2.24) is 0 Å². The number of aliphatic hydroxyl groups is 4. The second-order valence-corrected chi connectivity index (χ2v) is 5.53. The van der Waals surface area contributed by atoms with Gasteiger partial charge in [-0.05, 0) is 32.1 Å². The van der Waals surface area contributed by atoms with Crippen molar-refractivity contribution in [2.24, 2.45) is 0 Å². The van der Waals surface area contributed by atoms with Crippen LogP contribution < -0.4 is 0 Å². The van der Waals surface area contributed by atoms with Crippen molar-refractivity contribution in [3.63, 3.8) is 0 Å². The fourth-order valence-corrected chi connectivity index (χ4v) is 2.51. The molecule has 112 valence electrons. The van der Waals surface area contributed by atoms with Gasteiger partial charge < -0.3 is 25.5 Å². The molecule has 2 aliphatic carbocycles. The van der Waals surface area contributed by atoms with Gasteiger partial charge in [-0.2, -0.15) is 0 Å². The van der Waals surface area contributed by atoms with Crippen molar-refractivity contribution < 1.29 is 30.3 Å². The second-order valence-electron chi connectivity index (χ2n) is 5.53. The van der Waals surface area contributed by atoms with E-state index in [2.05, 4.69) is 0 Å². The first kappa shape index (κ1) is 16.4. The molecule has 0 aromatic carbocycles. The molecule has 0 heterocycles. The van der Waals surface area contributed by atoms with E-state index in [0.29, 0.717) is 25.7 Å². The number of hydrogen-bond donors (Lipinski definition) is 5. The topological polar surface area (TPSA) is 118 Å². The van der Waals surface area contributed by atoms with Crippen LogP contribution in [0, 0.1) is 0 Å². The highest BCUT2D eigenvalue weighted by atomic mass is 16.5. The van der Waals surface area contributed by atoms with Crippen molar-refractivity contribution in [3.8, 4) is 0 Å². The Balaban J connectivity index is 0.000000200. The van der Waals surface area contributed by atoms with Crippen LogP contribution in [0.3, 0.4) is 0 Å². The van der Waals surface area contributed by atoms with Crippen molar-refractivity contribution >= 4 is 5.97 Å². The highest BCUT2D eigenvalue weighted by molar-refractivity contribution is 5.78. The number of carboxylic acid groups (broad SMARTS) is 1. The van der Waals surface area contributed by atoms with Gasteiger partial charge in [0.05, 0.1) is 6.10 Å². The molecule has 0 saturated heterocycles. The van der Waals surface area contributed by atoms with Crippen LogP contribution in [0.5, 0.6) is 0 Å². The molecule has 0 spiro atoms. The summed E-state index contributed by atoms with van der Waals surface area (Å²) in [6.07, 6.45) is 5.10. The Morgan fingerprint density at radius 2 is 1.42 bits per heavy atom. The van der Waals surface area contributed by atoms with Gasteiger partial charge in [0.2, 0.25) is 0 Å². The van der Waals surface area contributed by atoms with Gasteiger partial charge in [0.25, 0.3) is 0 Å². The predicted molar refractivity (Wildman–Crippen MR) is 67.3 cm³/mol. The Labute approximate surface area is 112 Å². The Morgan fingerprint density at radius 3 is 1.74 bits per heavy atom. The average molecular weight is 276 g/mol. The maximum absolute atomic E-state index is 10.5. The third-order valence-corrected chi connectivity index (χ3v) is 3.86. The van der Waals surface area contributed by atoms with Gasteiger partial charge in [-0.3, -0.25) is 0 Å². The minimum atomic E-state index is -1.89. The van der Waals surface area contributed by atoms with Crippen LogP contribution >= 0.6 is 0 Å². The van der Waals surface area contributed by atoms with Gasteiger partial charge in [-0.25, -0.2) is 4.79 Å². The van der Waals surface area contributed by atoms with E-state index in [9.17, 15) is 9.90 Å².